The molecule has 6 nitrogen and oxygen atoms in total. The SMILES string of the molecule is CCN(c1cc(Cl)cc(C(=O)NCCc2nccn2Cc2ccc(Cl)cc2)c1C)[C@H]1CC[C@H](N(C)C)CC1. The molecule has 0 radical (unpaired) electrons. The van der Waals surface area contributed by atoms with Gasteiger partial charge in [0.2, 0.25) is 0 Å². The van der Waals surface area contributed by atoms with Gasteiger partial charge < -0.3 is 19.7 Å². The van der Waals surface area contributed by atoms with Gasteiger partial charge in [0.1, 0.15) is 5.82 Å². The fraction of sp³-hybridized carbons (Fsp3) is 0.467. The van der Waals surface area contributed by atoms with Crippen LogP contribution in [0.25, 0.3) is 0 Å². The minimum absolute atomic E-state index is 0.102. The Labute approximate surface area is 236 Å². The summed E-state index contributed by atoms with van der Waals surface area (Å²) in [7, 11) is 4.34. The van der Waals surface area contributed by atoms with Crippen LogP contribution in [0.5, 0.6) is 0 Å². The van der Waals surface area contributed by atoms with E-state index in [9.17, 15) is 4.79 Å². The lowest BCUT2D eigenvalue weighted by atomic mass is 9.89. The molecule has 1 amide bonds. The van der Waals surface area contributed by atoms with Crippen molar-refractivity contribution in [3.63, 3.8) is 0 Å². The minimum atomic E-state index is -0.102. The first-order valence-corrected chi connectivity index (χ1v) is 14.3. The number of nitrogens with zero attached hydrogens (tertiary/aromatic N) is 4. The van der Waals surface area contributed by atoms with Crippen molar-refractivity contribution in [1.82, 2.24) is 19.8 Å². The molecule has 0 atom stereocenters. The predicted octanol–water partition coefficient (Wildman–Crippen LogP) is 6.22. The first kappa shape index (κ1) is 28.5. The molecule has 1 aliphatic rings. The molecule has 0 aliphatic heterocycles. The summed E-state index contributed by atoms with van der Waals surface area (Å²) >= 11 is 12.6. The number of anilines is 1. The Morgan fingerprint density at radius 1 is 1.05 bits per heavy atom. The van der Waals surface area contributed by atoms with Crippen LogP contribution in [0.2, 0.25) is 10.0 Å². The molecule has 4 rings (SSSR count). The second-order valence-corrected chi connectivity index (χ2v) is 11.3. The van der Waals surface area contributed by atoms with E-state index in [1.165, 1.54) is 12.8 Å². The standard InChI is InChI=1S/C30H39Cl2N5O/c1-5-37(26-12-10-25(11-13-26)35(3)4)28-19-24(32)18-27(21(28)2)30(38)34-15-14-29-33-16-17-36(29)20-22-6-8-23(31)9-7-22/h6-9,16-19,25-26H,5,10-15,20H2,1-4H3,(H,34,38)/t25-,26-. The molecule has 0 bridgehead atoms. The van der Waals surface area contributed by atoms with E-state index in [1.54, 1.807) is 12.3 Å². The molecule has 1 N–H and O–H groups in total. The Kier molecular flexibility index (Phi) is 9.74. The minimum Gasteiger partial charge on any atom is -0.369 e. The van der Waals surface area contributed by atoms with Gasteiger partial charge in [-0.25, -0.2) is 4.98 Å². The van der Waals surface area contributed by atoms with Gasteiger partial charge in [0, 0.05) is 71.8 Å². The monoisotopic (exact) mass is 555 g/mol. The molecular formula is C30H39Cl2N5O. The van der Waals surface area contributed by atoms with E-state index < -0.39 is 0 Å². The quantitative estimate of drug-likeness (QED) is 0.322. The maximum atomic E-state index is 13.3. The van der Waals surface area contributed by atoms with Crippen LogP contribution in [0.4, 0.5) is 5.69 Å². The molecule has 8 heteroatoms. The zero-order chi connectivity index (χ0) is 27.2. The lowest BCUT2D eigenvalue weighted by Crippen LogP contribution is -2.42. The Hall–Kier alpha value is -2.54. The molecule has 1 aliphatic carbocycles. The number of benzene rings is 2. The highest BCUT2D eigenvalue weighted by Gasteiger charge is 2.28. The lowest BCUT2D eigenvalue weighted by molar-refractivity contribution is 0.0953. The van der Waals surface area contributed by atoms with Gasteiger partial charge in [-0.1, -0.05) is 35.3 Å². The van der Waals surface area contributed by atoms with E-state index in [2.05, 4.69) is 45.7 Å². The molecule has 1 saturated carbocycles. The largest absolute Gasteiger partial charge is 0.369 e. The second kappa shape index (κ2) is 13.0. The molecule has 1 heterocycles. The molecule has 0 unspecified atom stereocenters. The van der Waals surface area contributed by atoms with Crippen molar-refractivity contribution >= 4 is 34.8 Å². The van der Waals surface area contributed by atoms with Gasteiger partial charge in [-0.05, 0) is 89.0 Å². The van der Waals surface area contributed by atoms with Crippen LogP contribution in [-0.2, 0) is 13.0 Å². The maximum absolute atomic E-state index is 13.3. The Morgan fingerprint density at radius 2 is 1.74 bits per heavy atom. The number of hydrogen-bond donors (Lipinski definition) is 1. The second-order valence-electron chi connectivity index (χ2n) is 10.4. The van der Waals surface area contributed by atoms with Crippen LogP contribution in [0.3, 0.4) is 0 Å². The maximum Gasteiger partial charge on any atom is 0.251 e. The van der Waals surface area contributed by atoms with E-state index in [-0.39, 0.29) is 5.91 Å². The van der Waals surface area contributed by atoms with Crippen molar-refractivity contribution in [2.45, 2.75) is 64.6 Å². The lowest BCUT2D eigenvalue weighted by Gasteiger charge is -2.40. The number of halogens is 2. The molecular weight excluding hydrogens is 517 g/mol. The fourth-order valence-corrected chi connectivity index (χ4v) is 5.93. The smallest absolute Gasteiger partial charge is 0.251 e. The number of carbonyl (C=O) groups is 1. The van der Waals surface area contributed by atoms with Gasteiger partial charge in [-0.3, -0.25) is 4.79 Å². The summed E-state index contributed by atoms with van der Waals surface area (Å²) in [5.41, 5.74) is 3.83. The number of rotatable bonds is 10. The molecule has 0 saturated heterocycles. The Bertz CT molecular complexity index is 1220. The highest BCUT2D eigenvalue weighted by atomic mass is 35.5. The molecule has 1 fully saturated rings. The number of amides is 1. The van der Waals surface area contributed by atoms with Crippen LogP contribution in [0.1, 0.15) is 59.9 Å². The van der Waals surface area contributed by atoms with Crippen molar-refractivity contribution in [3.8, 4) is 0 Å². The first-order chi connectivity index (χ1) is 18.3. The van der Waals surface area contributed by atoms with E-state index in [1.807, 2.05) is 43.5 Å². The molecule has 2 aromatic carbocycles. The summed E-state index contributed by atoms with van der Waals surface area (Å²) in [6, 6.07) is 12.7. The Morgan fingerprint density at radius 3 is 2.39 bits per heavy atom. The van der Waals surface area contributed by atoms with E-state index in [0.29, 0.717) is 42.2 Å². The first-order valence-electron chi connectivity index (χ1n) is 13.5. The number of hydrogen-bond acceptors (Lipinski definition) is 4. The van der Waals surface area contributed by atoms with Crippen LogP contribution >= 0.6 is 23.2 Å². The molecule has 38 heavy (non-hydrogen) atoms. The zero-order valence-electron chi connectivity index (χ0n) is 22.9. The van der Waals surface area contributed by atoms with Gasteiger partial charge in [0.05, 0.1) is 0 Å². The number of carbonyl (C=O) groups excluding carboxylic acids is 1. The zero-order valence-corrected chi connectivity index (χ0v) is 24.4. The van der Waals surface area contributed by atoms with E-state index in [0.717, 1.165) is 47.0 Å². The molecule has 0 spiro atoms. The summed E-state index contributed by atoms with van der Waals surface area (Å²) in [5.74, 6) is 0.823. The van der Waals surface area contributed by atoms with E-state index in [4.69, 9.17) is 23.2 Å². The van der Waals surface area contributed by atoms with Crippen LogP contribution in [-0.4, -0.2) is 59.6 Å². The topological polar surface area (TPSA) is 53.4 Å². The Balaban J connectivity index is 1.41. The third-order valence-corrected chi connectivity index (χ3v) is 8.25. The predicted molar refractivity (Wildman–Crippen MR) is 158 cm³/mol. The summed E-state index contributed by atoms with van der Waals surface area (Å²) in [6.07, 6.45) is 9.06. The fourth-order valence-electron chi connectivity index (χ4n) is 5.59. The van der Waals surface area contributed by atoms with Crippen molar-refractivity contribution in [2.24, 2.45) is 0 Å². The van der Waals surface area contributed by atoms with E-state index >= 15 is 0 Å². The van der Waals surface area contributed by atoms with Crippen molar-refractivity contribution in [2.75, 3.05) is 32.1 Å². The summed E-state index contributed by atoms with van der Waals surface area (Å²) in [6.45, 7) is 6.30. The van der Waals surface area contributed by atoms with Crippen LogP contribution < -0.4 is 10.2 Å². The normalized spacial score (nSPS) is 17.6. The number of aromatic nitrogens is 2. The van der Waals surface area contributed by atoms with Crippen molar-refractivity contribution in [3.05, 3.63) is 81.4 Å². The summed E-state index contributed by atoms with van der Waals surface area (Å²) in [5, 5.41) is 4.41. The average Bonchev–Trinajstić information content (AvgIpc) is 3.34. The van der Waals surface area contributed by atoms with Crippen LogP contribution in [0, 0.1) is 6.92 Å². The molecule has 3 aromatic rings. The van der Waals surface area contributed by atoms with Gasteiger partial charge >= 0.3 is 0 Å². The van der Waals surface area contributed by atoms with Gasteiger partial charge in [-0.2, -0.15) is 0 Å². The number of nitrogens with one attached hydrogen (secondary N) is 1. The van der Waals surface area contributed by atoms with Gasteiger partial charge in [-0.15, -0.1) is 0 Å². The summed E-state index contributed by atoms with van der Waals surface area (Å²) in [4.78, 5) is 22.6. The third kappa shape index (κ3) is 6.90. The number of imidazole rings is 1. The highest BCUT2D eigenvalue weighted by Crippen LogP contribution is 2.34. The highest BCUT2D eigenvalue weighted by molar-refractivity contribution is 6.31. The average molecular weight is 557 g/mol. The van der Waals surface area contributed by atoms with Gasteiger partial charge in [0.25, 0.3) is 5.91 Å². The third-order valence-electron chi connectivity index (χ3n) is 7.78. The molecule has 204 valence electrons. The van der Waals surface area contributed by atoms with Crippen molar-refractivity contribution < 1.29 is 4.79 Å². The summed E-state index contributed by atoms with van der Waals surface area (Å²) < 4.78 is 2.10. The van der Waals surface area contributed by atoms with Gasteiger partial charge in [0.15, 0.2) is 0 Å². The van der Waals surface area contributed by atoms with Crippen LogP contribution in [0.15, 0.2) is 48.8 Å². The van der Waals surface area contributed by atoms with Crippen molar-refractivity contribution in [1.29, 1.82) is 0 Å². The molecule has 1 aromatic heterocycles.